The molecule has 0 N–H and O–H groups in total. The first-order valence-corrected chi connectivity index (χ1v) is 18.3. The molecule has 0 atom stereocenters. The Balaban J connectivity index is 0.847. The highest BCUT2D eigenvalue weighted by Crippen LogP contribution is 2.21. The van der Waals surface area contributed by atoms with E-state index in [1.54, 1.807) is 6.21 Å². The highest BCUT2D eigenvalue weighted by Gasteiger charge is 2.00. The van der Waals surface area contributed by atoms with Gasteiger partial charge >= 0.3 is 0 Å². The Morgan fingerprint density at radius 3 is 1.32 bits per heavy atom. The maximum absolute atomic E-state index is 5.68. The van der Waals surface area contributed by atoms with Gasteiger partial charge < -0.3 is 14.2 Å². The van der Waals surface area contributed by atoms with Gasteiger partial charge in [0.05, 0.1) is 26.4 Å². The van der Waals surface area contributed by atoms with E-state index in [9.17, 15) is 0 Å². The molecule has 0 radical (unpaired) electrons. The predicted molar refractivity (Wildman–Crippen MR) is 220 cm³/mol. The SMILES string of the molecule is CC=Nc1cccc(N=Cc2ccc(-c3ccc(C=NCCCOCCOCCOCCCN=Cc4ccc(-c5ccc(C)cc5)cc4)cc3)cc2)n1. The molecule has 272 valence electrons. The molecular formula is C45H49N5O3. The number of pyridine rings is 1. The third-order valence-corrected chi connectivity index (χ3v) is 8.15. The van der Waals surface area contributed by atoms with Crippen LogP contribution in [-0.4, -0.2) is 82.6 Å². The highest BCUT2D eigenvalue weighted by atomic mass is 16.5. The number of aromatic nitrogens is 1. The molecule has 0 aliphatic heterocycles. The molecular weight excluding hydrogens is 659 g/mol. The number of aryl methyl sites for hydroxylation is 1. The molecule has 0 aliphatic carbocycles. The second-order valence-electron chi connectivity index (χ2n) is 12.3. The summed E-state index contributed by atoms with van der Waals surface area (Å²) in [7, 11) is 0. The van der Waals surface area contributed by atoms with Crippen molar-refractivity contribution in [2.45, 2.75) is 26.7 Å². The van der Waals surface area contributed by atoms with E-state index in [1.807, 2.05) is 43.8 Å². The Morgan fingerprint density at radius 1 is 0.472 bits per heavy atom. The second kappa shape index (κ2) is 22.5. The summed E-state index contributed by atoms with van der Waals surface area (Å²) in [5.74, 6) is 1.28. The summed E-state index contributed by atoms with van der Waals surface area (Å²) in [6.45, 7) is 9.02. The molecule has 53 heavy (non-hydrogen) atoms. The van der Waals surface area contributed by atoms with Crippen LogP contribution in [0, 0.1) is 6.92 Å². The smallest absolute Gasteiger partial charge is 0.154 e. The highest BCUT2D eigenvalue weighted by molar-refractivity contribution is 5.84. The summed E-state index contributed by atoms with van der Waals surface area (Å²) < 4.78 is 17.0. The van der Waals surface area contributed by atoms with Gasteiger partial charge in [-0.25, -0.2) is 15.0 Å². The average Bonchev–Trinajstić information content (AvgIpc) is 3.19. The number of hydrogen-bond acceptors (Lipinski definition) is 8. The van der Waals surface area contributed by atoms with Crippen molar-refractivity contribution in [1.82, 2.24) is 4.98 Å². The fraction of sp³-hybridized carbons (Fsp3) is 0.267. The Labute approximate surface area is 314 Å². The lowest BCUT2D eigenvalue weighted by atomic mass is 10.0. The molecule has 0 aliphatic rings. The van der Waals surface area contributed by atoms with Crippen molar-refractivity contribution in [3.05, 3.63) is 138 Å². The Morgan fingerprint density at radius 2 is 0.868 bits per heavy atom. The summed E-state index contributed by atoms with van der Waals surface area (Å²) in [6, 6.07) is 39.4. The zero-order valence-corrected chi connectivity index (χ0v) is 30.8. The molecule has 0 unspecified atom stereocenters. The third kappa shape index (κ3) is 14.3. The average molecular weight is 708 g/mol. The van der Waals surface area contributed by atoms with Gasteiger partial charge in [-0.3, -0.25) is 9.98 Å². The Kier molecular flexibility index (Phi) is 16.5. The van der Waals surface area contributed by atoms with Crippen LogP contribution in [0.2, 0.25) is 0 Å². The van der Waals surface area contributed by atoms with Crippen LogP contribution in [0.4, 0.5) is 11.6 Å². The molecule has 4 aromatic carbocycles. The van der Waals surface area contributed by atoms with Crippen LogP contribution in [0.5, 0.6) is 0 Å². The largest absolute Gasteiger partial charge is 0.379 e. The van der Waals surface area contributed by atoms with Crippen molar-refractivity contribution < 1.29 is 14.2 Å². The number of hydrogen-bond donors (Lipinski definition) is 0. The van der Waals surface area contributed by atoms with E-state index in [0.717, 1.165) is 53.7 Å². The van der Waals surface area contributed by atoms with E-state index >= 15 is 0 Å². The van der Waals surface area contributed by atoms with E-state index in [-0.39, 0.29) is 0 Å². The van der Waals surface area contributed by atoms with Gasteiger partial charge in [-0.05, 0) is 77.8 Å². The van der Waals surface area contributed by atoms with Gasteiger partial charge in [0.1, 0.15) is 0 Å². The van der Waals surface area contributed by atoms with Crippen molar-refractivity contribution in [2.75, 3.05) is 52.7 Å². The van der Waals surface area contributed by atoms with Crippen LogP contribution in [-0.2, 0) is 14.2 Å². The van der Waals surface area contributed by atoms with Gasteiger partial charge in [-0.2, -0.15) is 0 Å². The molecule has 0 saturated carbocycles. The van der Waals surface area contributed by atoms with Gasteiger partial charge in [0.15, 0.2) is 11.6 Å². The number of benzene rings is 4. The molecule has 1 aromatic heterocycles. The summed E-state index contributed by atoms with van der Waals surface area (Å²) in [5.41, 5.74) is 9.19. The predicted octanol–water partition coefficient (Wildman–Crippen LogP) is 9.56. The molecule has 0 amide bonds. The van der Waals surface area contributed by atoms with Gasteiger partial charge in [0.25, 0.3) is 0 Å². The molecule has 8 heteroatoms. The van der Waals surface area contributed by atoms with Gasteiger partial charge in [0.2, 0.25) is 0 Å². The number of ether oxygens (including phenoxy) is 3. The monoisotopic (exact) mass is 707 g/mol. The van der Waals surface area contributed by atoms with Gasteiger partial charge in [0, 0.05) is 51.2 Å². The van der Waals surface area contributed by atoms with Gasteiger partial charge in [-0.1, -0.05) is 109 Å². The maximum atomic E-state index is 5.68. The van der Waals surface area contributed by atoms with Crippen LogP contribution < -0.4 is 0 Å². The van der Waals surface area contributed by atoms with Crippen LogP contribution in [0.1, 0.15) is 42.0 Å². The Bertz CT molecular complexity index is 1900. The van der Waals surface area contributed by atoms with Crippen LogP contribution in [0.3, 0.4) is 0 Å². The molecule has 5 aromatic rings. The van der Waals surface area contributed by atoms with Crippen molar-refractivity contribution >= 4 is 36.5 Å². The lowest BCUT2D eigenvalue weighted by molar-refractivity contribution is 0.0143. The zero-order chi connectivity index (χ0) is 36.8. The maximum Gasteiger partial charge on any atom is 0.154 e. The minimum absolute atomic E-state index is 0.559. The molecule has 8 nitrogen and oxygen atoms in total. The van der Waals surface area contributed by atoms with E-state index in [1.165, 1.54) is 16.7 Å². The van der Waals surface area contributed by atoms with Gasteiger partial charge in [-0.15, -0.1) is 0 Å². The molecule has 0 spiro atoms. The van der Waals surface area contributed by atoms with Crippen molar-refractivity contribution in [3.63, 3.8) is 0 Å². The first-order valence-electron chi connectivity index (χ1n) is 18.3. The number of rotatable bonds is 21. The second-order valence-corrected chi connectivity index (χ2v) is 12.3. The van der Waals surface area contributed by atoms with E-state index in [4.69, 9.17) is 14.2 Å². The molecule has 1 heterocycles. The minimum atomic E-state index is 0.559. The van der Waals surface area contributed by atoms with Crippen LogP contribution in [0.15, 0.2) is 135 Å². The van der Waals surface area contributed by atoms with Crippen molar-refractivity contribution in [1.29, 1.82) is 0 Å². The minimum Gasteiger partial charge on any atom is -0.379 e. The summed E-state index contributed by atoms with van der Waals surface area (Å²) >= 11 is 0. The quantitative estimate of drug-likeness (QED) is 0.0561. The van der Waals surface area contributed by atoms with E-state index < -0.39 is 0 Å². The Hall–Kier alpha value is -5.41. The molecule has 5 rings (SSSR count). The fourth-order valence-electron chi connectivity index (χ4n) is 5.26. The van der Waals surface area contributed by atoms with E-state index in [0.29, 0.717) is 51.3 Å². The summed E-state index contributed by atoms with van der Waals surface area (Å²) in [4.78, 5) is 22.2. The summed E-state index contributed by atoms with van der Waals surface area (Å²) in [5, 5.41) is 0. The first-order chi connectivity index (χ1) is 26.2. The topological polar surface area (TPSA) is 90.0 Å². The number of nitrogens with zero attached hydrogens (tertiary/aromatic N) is 5. The van der Waals surface area contributed by atoms with Crippen LogP contribution in [0.25, 0.3) is 22.3 Å². The molecule has 0 saturated heterocycles. The fourth-order valence-corrected chi connectivity index (χ4v) is 5.26. The lowest BCUT2D eigenvalue weighted by Gasteiger charge is -2.06. The standard InChI is InChI=1S/C45H49N5O3/c1-3-48-44-7-4-8-45(50-44)49-35-39-15-23-43(24-16-39)42-21-13-38(14-22-42)34-47-26-6-28-52-30-32-53-31-29-51-27-5-25-46-33-37-11-19-41(20-12-37)40-17-9-36(2)10-18-40/h3-4,7-24,33-35H,5-6,25-32H2,1-2H3. The molecule has 0 fully saturated rings. The molecule has 0 bridgehead atoms. The first kappa shape index (κ1) is 38.8. The van der Waals surface area contributed by atoms with Crippen molar-refractivity contribution in [2.24, 2.45) is 20.0 Å². The normalized spacial score (nSPS) is 11.9. The van der Waals surface area contributed by atoms with Crippen LogP contribution >= 0.6 is 0 Å². The third-order valence-electron chi connectivity index (χ3n) is 8.15. The number of aliphatic imine (C=N–C) groups is 4. The summed E-state index contributed by atoms with van der Waals surface area (Å²) in [6.07, 6.45) is 9.12. The zero-order valence-electron chi connectivity index (χ0n) is 30.8. The van der Waals surface area contributed by atoms with E-state index in [2.05, 4.69) is 129 Å². The van der Waals surface area contributed by atoms with Crippen molar-refractivity contribution in [3.8, 4) is 22.3 Å². The lowest BCUT2D eigenvalue weighted by Crippen LogP contribution is -2.10.